The van der Waals surface area contributed by atoms with Gasteiger partial charge in [0.2, 0.25) is 17.6 Å². The summed E-state index contributed by atoms with van der Waals surface area (Å²) < 4.78 is 10.7. The second-order valence-electron chi connectivity index (χ2n) is 7.19. The normalized spacial score (nSPS) is 10.7. The molecule has 1 N–H and O–H groups in total. The van der Waals surface area contributed by atoms with Gasteiger partial charge in [-0.1, -0.05) is 11.2 Å². The minimum atomic E-state index is -0.105. The lowest BCUT2D eigenvalue weighted by molar-refractivity contribution is -0.116. The number of rotatable bonds is 10. The summed E-state index contributed by atoms with van der Waals surface area (Å²) in [5, 5.41) is 6.92. The van der Waals surface area contributed by atoms with Gasteiger partial charge in [-0.15, -0.1) is 11.8 Å². The number of nitrogens with one attached hydrogen (secondary N) is 1. The maximum Gasteiger partial charge on any atom is 0.227 e. The number of hydrogen-bond donors (Lipinski definition) is 1. The lowest BCUT2D eigenvalue weighted by atomic mass is 10.2. The minimum Gasteiger partial charge on any atom is -0.494 e. The SMILES string of the molecule is CCOc1ccc(-c2noc(CCC(=O)Nc3ccc(SCc4cccnc4)cc3)n2)cc1. The Morgan fingerprint density at radius 1 is 1.09 bits per heavy atom. The molecule has 8 heteroatoms. The van der Waals surface area contributed by atoms with Gasteiger partial charge in [-0.3, -0.25) is 9.78 Å². The van der Waals surface area contributed by atoms with E-state index in [1.165, 1.54) is 5.56 Å². The Balaban J connectivity index is 1.24. The maximum atomic E-state index is 12.3. The van der Waals surface area contributed by atoms with Crippen LogP contribution in [0.2, 0.25) is 0 Å². The molecule has 0 bridgehead atoms. The summed E-state index contributed by atoms with van der Waals surface area (Å²) in [5.74, 6) is 2.46. The van der Waals surface area contributed by atoms with Gasteiger partial charge in [0.15, 0.2) is 0 Å². The zero-order valence-corrected chi connectivity index (χ0v) is 19.0. The first kappa shape index (κ1) is 22.5. The van der Waals surface area contributed by atoms with E-state index in [2.05, 4.69) is 26.5 Å². The maximum absolute atomic E-state index is 12.3. The highest BCUT2D eigenvalue weighted by Gasteiger charge is 2.11. The number of thioether (sulfide) groups is 1. The largest absolute Gasteiger partial charge is 0.494 e. The Hall–Kier alpha value is -3.65. The molecule has 0 unspecified atom stereocenters. The molecule has 0 atom stereocenters. The first-order chi connectivity index (χ1) is 16.2. The molecule has 0 aliphatic heterocycles. The highest BCUT2D eigenvalue weighted by atomic mass is 32.2. The van der Waals surface area contributed by atoms with Crippen LogP contribution in [0, 0.1) is 0 Å². The van der Waals surface area contributed by atoms with Crippen LogP contribution in [0.4, 0.5) is 5.69 Å². The van der Waals surface area contributed by atoms with Crippen molar-refractivity contribution in [2.75, 3.05) is 11.9 Å². The monoisotopic (exact) mass is 460 g/mol. The molecule has 2 heterocycles. The van der Waals surface area contributed by atoms with E-state index in [0.717, 1.165) is 27.6 Å². The zero-order valence-electron chi connectivity index (χ0n) is 18.2. The molecule has 33 heavy (non-hydrogen) atoms. The molecule has 0 aliphatic rings. The summed E-state index contributed by atoms with van der Waals surface area (Å²) in [6.07, 6.45) is 4.26. The van der Waals surface area contributed by atoms with E-state index in [1.54, 1.807) is 18.0 Å². The van der Waals surface area contributed by atoms with Crippen molar-refractivity contribution in [3.63, 3.8) is 0 Å². The van der Waals surface area contributed by atoms with Gasteiger partial charge in [-0.2, -0.15) is 4.98 Å². The smallest absolute Gasteiger partial charge is 0.227 e. The number of aryl methyl sites for hydroxylation is 1. The number of carbonyl (C=O) groups is 1. The summed E-state index contributed by atoms with van der Waals surface area (Å²) in [5.41, 5.74) is 2.76. The molecule has 0 aliphatic carbocycles. The summed E-state index contributed by atoms with van der Waals surface area (Å²) in [6.45, 7) is 2.55. The number of carbonyl (C=O) groups excluding carboxylic acids is 1. The second-order valence-corrected chi connectivity index (χ2v) is 8.24. The second kappa shape index (κ2) is 11.3. The summed E-state index contributed by atoms with van der Waals surface area (Å²) in [6, 6.07) is 19.3. The summed E-state index contributed by atoms with van der Waals surface area (Å²) in [4.78, 5) is 22.0. The van der Waals surface area contributed by atoms with Crippen molar-refractivity contribution in [3.05, 3.63) is 84.5 Å². The number of ether oxygens (including phenoxy) is 1. The van der Waals surface area contributed by atoms with E-state index in [9.17, 15) is 4.79 Å². The third kappa shape index (κ3) is 6.66. The van der Waals surface area contributed by atoms with Crippen LogP contribution in [0.25, 0.3) is 11.4 Å². The van der Waals surface area contributed by atoms with E-state index < -0.39 is 0 Å². The van der Waals surface area contributed by atoms with Gasteiger partial charge in [-0.25, -0.2) is 0 Å². The van der Waals surface area contributed by atoms with Crippen molar-refractivity contribution in [1.29, 1.82) is 0 Å². The molecule has 1 amide bonds. The van der Waals surface area contributed by atoms with Gasteiger partial charge >= 0.3 is 0 Å². The summed E-state index contributed by atoms with van der Waals surface area (Å²) >= 11 is 1.72. The summed E-state index contributed by atoms with van der Waals surface area (Å²) in [7, 11) is 0. The van der Waals surface area contributed by atoms with E-state index in [0.29, 0.717) is 24.7 Å². The van der Waals surface area contributed by atoms with E-state index in [4.69, 9.17) is 9.26 Å². The van der Waals surface area contributed by atoms with Gasteiger partial charge in [0.05, 0.1) is 6.61 Å². The van der Waals surface area contributed by atoms with Crippen LogP contribution in [0.1, 0.15) is 24.8 Å². The quantitative estimate of drug-likeness (QED) is 0.317. The number of hydrogen-bond acceptors (Lipinski definition) is 7. The van der Waals surface area contributed by atoms with Crippen LogP contribution < -0.4 is 10.1 Å². The third-order valence-corrected chi connectivity index (χ3v) is 5.81. The molecular formula is C25H24N4O3S. The van der Waals surface area contributed by atoms with Crippen LogP contribution in [0.3, 0.4) is 0 Å². The van der Waals surface area contributed by atoms with Crippen molar-refractivity contribution in [2.24, 2.45) is 0 Å². The van der Waals surface area contributed by atoms with Crippen LogP contribution in [-0.2, 0) is 17.0 Å². The van der Waals surface area contributed by atoms with Crippen molar-refractivity contribution in [1.82, 2.24) is 15.1 Å². The number of aromatic nitrogens is 3. The Morgan fingerprint density at radius 3 is 2.64 bits per heavy atom. The number of pyridine rings is 1. The topological polar surface area (TPSA) is 90.1 Å². The number of benzene rings is 2. The first-order valence-electron chi connectivity index (χ1n) is 10.7. The van der Waals surface area contributed by atoms with Crippen LogP contribution >= 0.6 is 11.8 Å². The van der Waals surface area contributed by atoms with Gasteiger partial charge in [0.25, 0.3) is 0 Å². The van der Waals surface area contributed by atoms with Crippen molar-refractivity contribution >= 4 is 23.4 Å². The Kier molecular flexibility index (Phi) is 7.71. The van der Waals surface area contributed by atoms with Crippen molar-refractivity contribution in [3.8, 4) is 17.1 Å². The van der Waals surface area contributed by atoms with Crippen LogP contribution in [0.15, 0.2) is 82.5 Å². The molecule has 0 saturated heterocycles. The van der Waals surface area contributed by atoms with Crippen LogP contribution in [0.5, 0.6) is 5.75 Å². The molecule has 168 valence electrons. The fourth-order valence-corrected chi connectivity index (χ4v) is 3.90. The molecule has 4 aromatic rings. The van der Waals surface area contributed by atoms with Crippen molar-refractivity contribution in [2.45, 2.75) is 30.4 Å². The molecule has 2 aromatic carbocycles. The fourth-order valence-electron chi connectivity index (χ4n) is 3.07. The lowest BCUT2D eigenvalue weighted by Gasteiger charge is -2.06. The average Bonchev–Trinajstić information content (AvgIpc) is 3.33. The lowest BCUT2D eigenvalue weighted by Crippen LogP contribution is -2.12. The van der Waals surface area contributed by atoms with E-state index in [-0.39, 0.29) is 12.3 Å². The van der Waals surface area contributed by atoms with E-state index >= 15 is 0 Å². The van der Waals surface area contributed by atoms with Crippen LogP contribution in [-0.4, -0.2) is 27.6 Å². The molecule has 7 nitrogen and oxygen atoms in total. The molecular weight excluding hydrogens is 436 g/mol. The molecule has 0 fully saturated rings. The van der Waals surface area contributed by atoms with Gasteiger partial charge in [0, 0.05) is 47.1 Å². The number of anilines is 1. The standard InChI is InChI=1S/C25H24N4O3S/c1-2-31-21-9-5-19(6-10-21)25-28-24(32-29-25)14-13-23(30)27-20-7-11-22(12-8-20)33-17-18-4-3-15-26-16-18/h3-12,15-16H,2,13-14,17H2,1H3,(H,27,30). The van der Waals surface area contributed by atoms with Gasteiger partial charge in [0.1, 0.15) is 5.75 Å². The zero-order chi connectivity index (χ0) is 22.9. The predicted octanol–water partition coefficient (Wildman–Crippen LogP) is 5.39. The Morgan fingerprint density at radius 2 is 1.91 bits per heavy atom. The minimum absolute atomic E-state index is 0.105. The molecule has 0 radical (unpaired) electrons. The van der Waals surface area contributed by atoms with Gasteiger partial charge in [-0.05, 0) is 67.1 Å². The van der Waals surface area contributed by atoms with Crippen molar-refractivity contribution < 1.29 is 14.1 Å². The highest BCUT2D eigenvalue weighted by molar-refractivity contribution is 7.98. The predicted molar refractivity (Wildman–Crippen MR) is 128 cm³/mol. The van der Waals surface area contributed by atoms with Gasteiger partial charge < -0.3 is 14.6 Å². The Bertz CT molecular complexity index is 1160. The Labute approximate surface area is 196 Å². The first-order valence-corrected chi connectivity index (χ1v) is 11.7. The molecule has 0 saturated carbocycles. The molecule has 4 rings (SSSR count). The fraction of sp³-hybridized carbons (Fsp3) is 0.200. The third-order valence-electron chi connectivity index (χ3n) is 4.72. The van der Waals surface area contributed by atoms with E-state index in [1.807, 2.05) is 67.7 Å². The highest BCUT2D eigenvalue weighted by Crippen LogP contribution is 2.24. The average molecular weight is 461 g/mol. The molecule has 0 spiro atoms. The molecule has 2 aromatic heterocycles. The number of amides is 1. The number of nitrogens with zero attached hydrogens (tertiary/aromatic N) is 3.